The average molecular weight is 205 g/mol. The minimum Gasteiger partial charge on any atom is -0.320 e. The molecule has 0 aromatic carbocycles. The van der Waals surface area contributed by atoms with Crippen LogP contribution in [0.15, 0.2) is 0 Å². The van der Waals surface area contributed by atoms with Crippen LogP contribution in [0.25, 0.3) is 0 Å². The van der Waals surface area contributed by atoms with E-state index in [0.717, 1.165) is 12.8 Å². The summed E-state index contributed by atoms with van der Waals surface area (Å²) < 4.78 is 25.2. The molecule has 0 atom stereocenters. The molecule has 0 bridgehead atoms. The van der Waals surface area contributed by atoms with Crippen LogP contribution in [0, 0.1) is 11.3 Å². The second kappa shape index (κ2) is 3.76. The predicted molar refractivity (Wildman–Crippen MR) is 54.3 cm³/mol. The Morgan fingerprint density at radius 3 is 1.93 bits per heavy atom. The van der Waals surface area contributed by atoms with Crippen LogP contribution in [-0.4, -0.2) is 12.0 Å². The van der Waals surface area contributed by atoms with Gasteiger partial charge in [0, 0.05) is 0 Å². The summed E-state index contributed by atoms with van der Waals surface area (Å²) in [6.45, 7) is 6.51. The highest BCUT2D eigenvalue weighted by Crippen LogP contribution is 2.42. The van der Waals surface area contributed by atoms with Gasteiger partial charge in [0.1, 0.15) is 0 Å². The van der Waals surface area contributed by atoms with Crippen molar-refractivity contribution in [2.45, 2.75) is 58.4 Å². The van der Waals surface area contributed by atoms with Crippen molar-refractivity contribution in [1.29, 1.82) is 0 Å². The Morgan fingerprint density at radius 1 is 1.21 bits per heavy atom. The second-order valence-electron chi connectivity index (χ2n) is 5.67. The van der Waals surface area contributed by atoms with E-state index in [4.69, 9.17) is 5.73 Å². The zero-order valence-electron chi connectivity index (χ0n) is 9.32. The highest BCUT2D eigenvalue weighted by Gasteiger charge is 2.41. The van der Waals surface area contributed by atoms with Crippen LogP contribution in [0.1, 0.15) is 46.5 Å². The number of hydrogen-bond donors (Lipinski definition) is 1. The lowest BCUT2D eigenvalue weighted by Crippen LogP contribution is -2.50. The number of halogens is 2. The molecule has 0 heterocycles. The molecule has 2 N–H and O–H groups in total. The molecule has 1 fully saturated rings. The molecular formula is C11H21F2N. The molecule has 0 saturated heterocycles. The summed E-state index contributed by atoms with van der Waals surface area (Å²) in [5.41, 5.74) is 4.68. The normalized spacial score (nSPS) is 34.9. The zero-order chi connectivity index (χ0) is 11.0. The standard InChI is InChI=1S/C11H21F2N/c1-10(2,3)8-4-6-11(14,7-5-8)9(12)13/h8-9H,4-7,14H2,1-3H3. The fraction of sp³-hybridized carbons (Fsp3) is 1.00. The average Bonchev–Trinajstić information content (AvgIpc) is 2.03. The van der Waals surface area contributed by atoms with Gasteiger partial charge in [-0.05, 0) is 37.0 Å². The largest absolute Gasteiger partial charge is 0.320 e. The lowest BCUT2D eigenvalue weighted by Gasteiger charge is -2.41. The highest BCUT2D eigenvalue weighted by atomic mass is 19.3. The van der Waals surface area contributed by atoms with Gasteiger partial charge in [-0.2, -0.15) is 0 Å². The highest BCUT2D eigenvalue weighted by molar-refractivity contribution is 4.94. The third-order valence-electron chi connectivity index (χ3n) is 3.58. The van der Waals surface area contributed by atoms with Crippen LogP contribution < -0.4 is 5.73 Å². The first kappa shape index (κ1) is 11.9. The molecular weight excluding hydrogens is 184 g/mol. The summed E-state index contributed by atoms with van der Waals surface area (Å²) in [5, 5.41) is 0. The first-order chi connectivity index (χ1) is 6.26. The van der Waals surface area contributed by atoms with Crippen LogP contribution in [0.4, 0.5) is 8.78 Å². The van der Waals surface area contributed by atoms with Crippen molar-refractivity contribution in [3.63, 3.8) is 0 Å². The van der Waals surface area contributed by atoms with E-state index < -0.39 is 12.0 Å². The molecule has 0 unspecified atom stereocenters. The van der Waals surface area contributed by atoms with Crippen molar-refractivity contribution in [2.24, 2.45) is 17.1 Å². The first-order valence-corrected chi connectivity index (χ1v) is 5.33. The van der Waals surface area contributed by atoms with Gasteiger partial charge < -0.3 is 5.73 Å². The van der Waals surface area contributed by atoms with E-state index in [0.29, 0.717) is 18.8 Å². The van der Waals surface area contributed by atoms with Crippen LogP contribution in [0.5, 0.6) is 0 Å². The van der Waals surface area contributed by atoms with Gasteiger partial charge in [-0.25, -0.2) is 8.78 Å². The lowest BCUT2D eigenvalue weighted by molar-refractivity contribution is 0.00827. The Morgan fingerprint density at radius 2 is 1.64 bits per heavy atom. The van der Waals surface area contributed by atoms with Crippen molar-refractivity contribution in [3.8, 4) is 0 Å². The molecule has 0 radical (unpaired) electrons. The molecule has 1 rings (SSSR count). The number of hydrogen-bond acceptors (Lipinski definition) is 1. The Labute approximate surface area is 85.1 Å². The quantitative estimate of drug-likeness (QED) is 0.699. The SMILES string of the molecule is CC(C)(C)C1CCC(N)(C(F)F)CC1. The molecule has 1 nitrogen and oxygen atoms in total. The van der Waals surface area contributed by atoms with E-state index in [1.165, 1.54) is 0 Å². The second-order valence-corrected chi connectivity index (χ2v) is 5.67. The molecule has 84 valence electrons. The van der Waals surface area contributed by atoms with Gasteiger partial charge in [-0.3, -0.25) is 0 Å². The Balaban J connectivity index is 2.54. The van der Waals surface area contributed by atoms with E-state index >= 15 is 0 Å². The van der Waals surface area contributed by atoms with E-state index in [1.54, 1.807) is 0 Å². The molecule has 0 aromatic heterocycles. The van der Waals surface area contributed by atoms with Gasteiger partial charge in [0.05, 0.1) is 5.54 Å². The van der Waals surface area contributed by atoms with Crippen molar-refractivity contribution >= 4 is 0 Å². The van der Waals surface area contributed by atoms with Gasteiger partial charge in [0.2, 0.25) is 0 Å². The van der Waals surface area contributed by atoms with Crippen molar-refractivity contribution in [3.05, 3.63) is 0 Å². The molecule has 0 aliphatic heterocycles. The molecule has 1 saturated carbocycles. The van der Waals surface area contributed by atoms with Gasteiger partial charge in [-0.15, -0.1) is 0 Å². The van der Waals surface area contributed by atoms with Crippen LogP contribution in [0.2, 0.25) is 0 Å². The van der Waals surface area contributed by atoms with Crippen molar-refractivity contribution in [2.75, 3.05) is 0 Å². The minimum atomic E-state index is -2.37. The summed E-state index contributed by atoms with van der Waals surface area (Å²) in [7, 11) is 0. The summed E-state index contributed by atoms with van der Waals surface area (Å²) in [6, 6.07) is 0. The Hall–Kier alpha value is -0.180. The van der Waals surface area contributed by atoms with Gasteiger partial charge >= 0.3 is 0 Å². The molecule has 0 spiro atoms. The Bertz CT molecular complexity index is 188. The van der Waals surface area contributed by atoms with Crippen LogP contribution >= 0.6 is 0 Å². The maximum atomic E-state index is 12.6. The van der Waals surface area contributed by atoms with E-state index in [-0.39, 0.29) is 5.41 Å². The van der Waals surface area contributed by atoms with E-state index in [2.05, 4.69) is 20.8 Å². The maximum Gasteiger partial charge on any atom is 0.256 e. The predicted octanol–water partition coefficient (Wildman–Crippen LogP) is 3.19. The zero-order valence-corrected chi connectivity index (χ0v) is 9.32. The fourth-order valence-electron chi connectivity index (χ4n) is 2.24. The molecule has 1 aliphatic rings. The van der Waals surface area contributed by atoms with Crippen LogP contribution in [-0.2, 0) is 0 Å². The smallest absolute Gasteiger partial charge is 0.256 e. The van der Waals surface area contributed by atoms with Gasteiger partial charge in [-0.1, -0.05) is 20.8 Å². The summed E-state index contributed by atoms with van der Waals surface area (Å²) >= 11 is 0. The van der Waals surface area contributed by atoms with Gasteiger partial charge in [0.25, 0.3) is 6.43 Å². The lowest BCUT2D eigenvalue weighted by atomic mass is 9.68. The first-order valence-electron chi connectivity index (χ1n) is 5.33. The molecule has 14 heavy (non-hydrogen) atoms. The number of rotatable bonds is 1. The third kappa shape index (κ3) is 2.44. The molecule has 3 heteroatoms. The number of nitrogens with two attached hydrogens (primary N) is 1. The topological polar surface area (TPSA) is 26.0 Å². The fourth-order valence-corrected chi connectivity index (χ4v) is 2.24. The summed E-state index contributed by atoms with van der Waals surface area (Å²) in [4.78, 5) is 0. The monoisotopic (exact) mass is 205 g/mol. The Kier molecular flexibility index (Phi) is 3.20. The molecule has 0 amide bonds. The molecule has 0 aromatic rings. The van der Waals surface area contributed by atoms with Crippen molar-refractivity contribution < 1.29 is 8.78 Å². The third-order valence-corrected chi connectivity index (χ3v) is 3.58. The maximum absolute atomic E-state index is 12.6. The summed E-state index contributed by atoms with van der Waals surface area (Å²) in [6.07, 6.45) is 0.233. The van der Waals surface area contributed by atoms with E-state index in [1.807, 2.05) is 0 Å². The van der Waals surface area contributed by atoms with E-state index in [9.17, 15) is 8.78 Å². The van der Waals surface area contributed by atoms with Crippen LogP contribution in [0.3, 0.4) is 0 Å². The van der Waals surface area contributed by atoms with Gasteiger partial charge in [0.15, 0.2) is 0 Å². The number of alkyl halides is 2. The minimum absolute atomic E-state index is 0.226. The summed E-state index contributed by atoms with van der Waals surface area (Å²) in [5.74, 6) is 0.540. The van der Waals surface area contributed by atoms with Crippen molar-refractivity contribution in [1.82, 2.24) is 0 Å². The molecule has 1 aliphatic carbocycles.